The van der Waals surface area contributed by atoms with Gasteiger partial charge in [0.25, 0.3) is 0 Å². The van der Waals surface area contributed by atoms with Crippen LogP contribution in [0.1, 0.15) is 0 Å². The van der Waals surface area contributed by atoms with Gasteiger partial charge < -0.3 is 4.74 Å². The Balaban J connectivity index is 0.000000396. The van der Waals surface area contributed by atoms with E-state index >= 15 is 0 Å². The van der Waals surface area contributed by atoms with Crippen molar-refractivity contribution >= 4 is 20.4 Å². The predicted molar refractivity (Wildman–Crippen MR) is 115 cm³/mol. The Morgan fingerprint density at radius 1 is 0.767 bits per heavy atom. The topological polar surface area (TPSA) is 9.23 Å². The molecule has 9 heteroatoms. The summed E-state index contributed by atoms with van der Waals surface area (Å²) in [7, 11) is -10.7. The second-order valence-corrected chi connectivity index (χ2v) is 8.68. The van der Waals surface area contributed by atoms with E-state index in [1.807, 2.05) is 36.4 Å². The third-order valence-corrected chi connectivity index (χ3v) is 3.89. The second-order valence-electron chi connectivity index (χ2n) is 6.19. The SMILES string of the molecule is C=CCOc1c(-c2ccccc2)cc([SH2+])cc1-c1ccccc1.F[P-](F)(F)(F)(F)F. The summed E-state index contributed by atoms with van der Waals surface area (Å²) in [6.07, 6.45) is 1.77. The van der Waals surface area contributed by atoms with E-state index in [0.29, 0.717) is 6.61 Å². The van der Waals surface area contributed by atoms with E-state index in [4.69, 9.17) is 4.74 Å². The molecule has 3 aromatic rings. The van der Waals surface area contributed by atoms with Crippen molar-refractivity contribution in [1.29, 1.82) is 0 Å². The molecule has 0 aliphatic heterocycles. The number of halogens is 6. The van der Waals surface area contributed by atoms with E-state index < -0.39 is 7.81 Å². The van der Waals surface area contributed by atoms with Crippen molar-refractivity contribution in [1.82, 2.24) is 0 Å². The molecule has 3 rings (SSSR count). The van der Waals surface area contributed by atoms with Crippen molar-refractivity contribution in [2.45, 2.75) is 4.90 Å². The molecular formula is C21H19F6OPS. The van der Waals surface area contributed by atoms with Crippen molar-refractivity contribution in [3.8, 4) is 28.0 Å². The molecule has 0 aromatic heterocycles. The van der Waals surface area contributed by atoms with Crippen molar-refractivity contribution in [3.63, 3.8) is 0 Å². The molecule has 0 radical (unpaired) electrons. The molecule has 0 bridgehead atoms. The van der Waals surface area contributed by atoms with Crippen molar-refractivity contribution in [2.24, 2.45) is 0 Å². The zero-order valence-electron chi connectivity index (χ0n) is 15.5. The van der Waals surface area contributed by atoms with Gasteiger partial charge in [-0.15, -0.1) is 0 Å². The van der Waals surface area contributed by atoms with Crippen LogP contribution >= 0.6 is 7.81 Å². The first-order chi connectivity index (χ1) is 13.7. The molecule has 0 N–H and O–H groups in total. The summed E-state index contributed by atoms with van der Waals surface area (Å²) >= 11 is 3.69. The summed E-state index contributed by atoms with van der Waals surface area (Å²) in [6, 6.07) is 24.7. The Kier molecular flexibility index (Phi) is 6.64. The molecule has 0 aliphatic rings. The average Bonchev–Trinajstić information content (AvgIpc) is 2.65. The summed E-state index contributed by atoms with van der Waals surface area (Å²) in [5, 5.41) is 0. The minimum absolute atomic E-state index is 0.473. The molecule has 0 saturated carbocycles. The van der Waals surface area contributed by atoms with E-state index in [1.165, 1.54) is 0 Å². The van der Waals surface area contributed by atoms with Gasteiger partial charge in [0, 0.05) is 23.3 Å². The van der Waals surface area contributed by atoms with Crippen LogP contribution in [0.25, 0.3) is 22.3 Å². The van der Waals surface area contributed by atoms with E-state index in [9.17, 15) is 25.2 Å². The molecule has 0 unspecified atom stereocenters. The summed E-state index contributed by atoms with van der Waals surface area (Å²) in [5.41, 5.74) is 4.39. The standard InChI is InChI=1S/C21H18OS.F6P/c1-2-13-22-21-19(16-9-5-3-6-10-16)14-18(23)15-20(21)17-11-7-4-8-12-17;1-7(2,3,4,5)6/h2-12,14-15,23H,1,13H2;/q;-1/p+1. The maximum absolute atomic E-state index is 10.7. The Hall–Kier alpha value is -2.44. The van der Waals surface area contributed by atoms with Gasteiger partial charge in [0.15, 0.2) is 4.90 Å². The Bertz CT molecular complexity index is 935. The van der Waals surface area contributed by atoms with Gasteiger partial charge in [-0.25, -0.2) is 0 Å². The van der Waals surface area contributed by atoms with Crippen LogP contribution in [0.3, 0.4) is 0 Å². The Labute approximate surface area is 175 Å². The molecule has 0 heterocycles. The zero-order chi connectivity index (χ0) is 22.5. The normalized spacial score (nSPS) is 13.3. The van der Waals surface area contributed by atoms with Crippen LogP contribution in [0.2, 0.25) is 0 Å². The Morgan fingerprint density at radius 3 is 1.47 bits per heavy atom. The van der Waals surface area contributed by atoms with Crippen LogP contribution in [-0.4, -0.2) is 6.61 Å². The van der Waals surface area contributed by atoms with Crippen molar-refractivity contribution < 1.29 is 29.9 Å². The first-order valence-corrected chi connectivity index (χ1v) is 11.1. The minimum atomic E-state index is -10.7. The van der Waals surface area contributed by atoms with Crippen molar-refractivity contribution in [3.05, 3.63) is 85.5 Å². The summed E-state index contributed by atoms with van der Waals surface area (Å²) in [6.45, 7) is 4.24. The first kappa shape index (κ1) is 23.8. The number of benzene rings is 3. The number of hydrogen-bond donors (Lipinski definition) is 0. The molecule has 0 saturated heterocycles. The van der Waals surface area contributed by atoms with Gasteiger partial charge in [0.05, 0.1) is 0 Å². The molecule has 30 heavy (non-hydrogen) atoms. The first-order valence-electron chi connectivity index (χ1n) is 8.55. The average molecular weight is 464 g/mol. The summed E-state index contributed by atoms with van der Waals surface area (Å²) in [4.78, 5) is 1.02. The van der Waals surface area contributed by atoms with E-state index in [1.54, 1.807) is 6.08 Å². The van der Waals surface area contributed by atoms with Crippen LogP contribution < -0.4 is 4.74 Å². The van der Waals surface area contributed by atoms with Gasteiger partial charge in [-0.1, -0.05) is 73.3 Å². The van der Waals surface area contributed by atoms with Crippen LogP contribution in [0.5, 0.6) is 5.75 Å². The molecule has 3 aromatic carbocycles. The molecular weight excluding hydrogens is 445 g/mol. The number of ether oxygens (including phenoxy) is 1. The zero-order valence-corrected chi connectivity index (χ0v) is 17.4. The van der Waals surface area contributed by atoms with Gasteiger partial charge in [-0.3, -0.25) is 0 Å². The predicted octanol–water partition coefficient (Wildman–Crippen LogP) is 8.34. The Morgan fingerprint density at radius 2 is 1.13 bits per heavy atom. The summed E-state index contributed by atoms with van der Waals surface area (Å²) < 4.78 is 65.2. The fourth-order valence-electron chi connectivity index (χ4n) is 2.59. The van der Waals surface area contributed by atoms with E-state index in [2.05, 4.69) is 55.6 Å². The van der Waals surface area contributed by atoms with Gasteiger partial charge in [0.2, 0.25) is 0 Å². The van der Waals surface area contributed by atoms with Crippen LogP contribution in [0, 0.1) is 0 Å². The van der Waals surface area contributed by atoms with Gasteiger partial charge in [-0.2, -0.15) is 0 Å². The molecule has 0 fully saturated rings. The number of rotatable bonds is 5. The van der Waals surface area contributed by atoms with Crippen molar-refractivity contribution in [2.75, 3.05) is 6.61 Å². The van der Waals surface area contributed by atoms with Gasteiger partial charge in [0.1, 0.15) is 12.4 Å². The van der Waals surface area contributed by atoms with Crippen LogP contribution in [-0.2, 0) is 12.6 Å². The van der Waals surface area contributed by atoms with E-state index in [0.717, 1.165) is 32.9 Å². The van der Waals surface area contributed by atoms with Gasteiger partial charge in [-0.05, 0) is 23.8 Å². The second kappa shape index (κ2) is 8.36. The van der Waals surface area contributed by atoms with Gasteiger partial charge >= 0.3 is 33.0 Å². The summed E-state index contributed by atoms with van der Waals surface area (Å²) in [5.74, 6) is 0.879. The molecule has 162 valence electrons. The molecule has 0 spiro atoms. The fraction of sp³-hybridized carbons (Fsp3) is 0.0476. The monoisotopic (exact) mass is 464 g/mol. The molecule has 0 atom stereocenters. The van der Waals surface area contributed by atoms with E-state index in [-0.39, 0.29) is 0 Å². The van der Waals surface area contributed by atoms with Crippen LogP contribution in [0.15, 0.2) is 90.3 Å². The third kappa shape index (κ3) is 8.93. The molecule has 0 aliphatic carbocycles. The quantitative estimate of drug-likeness (QED) is 0.160. The molecule has 0 amide bonds. The van der Waals surface area contributed by atoms with Crippen LogP contribution in [0.4, 0.5) is 25.2 Å². The third-order valence-electron chi connectivity index (χ3n) is 3.60. The number of hydrogen-bond acceptors (Lipinski definition) is 1. The molecule has 1 nitrogen and oxygen atoms in total. The maximum atomic E-state index is 9.87. The fourth-order valence-corrected chi connectivity index (χ4v) is 2.88.